The number of nitrogens with one attached hydrogen (secondary N) is 1. The number of furan rings is 1. The third-order valence-corrected chi connectivity index (χ3v) is 4.02. The van der Waals surface area contributed by atoms with Crippen LogP contribution in [0.4, 0.5) is 0 Å². The minimum Gasteiger partial charge on any atom is -0.467 e. The van der Waals surface area contributed by atoms with E-state index in [4.69, 9.17) is 27.6 Å². The van der Waals surface area contributed by atoms with E-state index in [0.717, 1.165) is 0 Å². The minimum atomic E-state index is -0.768. The first kappa shape index (κ1) is 15.9. The van der Waals surface area contributed by atoms with Crippen LogP contribution in [0.5, 0.6) is 0 Å². The van der Waals surface area contributed by atoms with E-state index in [0.29, 0.717) is 28.1 Å². The van der Waals surface area contributed by atoms with Gasteiger partial charge in [-0.1, -0.05) is 23.2 Å². The van der Waals surface area contributed by atoms with Crippen LogP contribution in [0, 0.1) is 0 Å². The Morgan fingerprint density at radius 2 is 2.24 bits per heavy atom. The van der Waals surface area contributed by atoms with E-state index in [2.05, 4.69) is 5.32 Å². The van der Waals surface area contributed by atoms with Crippen LogP contribution in [-0.4, -0.2) is 21.6 Å². The minimum absolute atomic E-state index is 0.245. The molecule has 5 nitrogen and oxygen atoms in total. The standard InChI is InChI=1S/C14H16Cl2N2O3/c1-8(6-11(19)12-4-3-5-21-12)17-14(20)10-7-9(15)13(16)18(10)2/h3-5,7-8,11,19H,6H2,1-2H3,(H,17,20). The summed E-state index contributed by atoms with van der Waals surface area (Å²) >= 11 is 11.8. The van der Waals surface area contributed by atoms with E-state index in [1.807, 2.05) is 0 Å². The van der Waals surface area contributed by atoms with Crippen LogP contribution in [0.3, 0.4) is 0 Å². The molecule has 0 saturated carbocycles. The molecule has 114 valence electrons. The van der Waals surface area contributed by atoms with Gasteiger partial charge in [-0.15, -0.1) is 0 Å². The SMILES string of the molecule is CC(CC(O)c1ccco1)NC(=O)c1cc(Cl)c(Cl)n1C. The Hall–Kier alpha value is -1.43. The molecule has 0 aliphatic carbocycles. The van der Waals surface area contributed by atoms with Crippen molar-refractivity contribution in [3.05, 3.63) is 46.1 Å². The number of aliphatic hydroxyl groups excluding tert-OH is 1. The van der Waals surface area contributed by atoms with Crippen LogP contribution < -0.4 is 5.32 Å². The van der Waals surface area contributed by atoms with Crippen LogP contribution in [-0.2, 0) is 7.05 Å². The first-order valence-corrected chi connectivity index (χ1v) is 7.18. The van der Waals surface area contributed by atoms with Gasteiger partial charge in [0.25, 0.3) is 5.91 Å². The zero-order valence-electron chi connectivity index (χ0n) is 11.6. The summed E-state index contributed by atoms with van der Waals surface area (Å²) in [6, 6.07) is 4.66. The average Bonchev–Trinajstić information content (AvgIpc) is 3.03. The second-order valence-corrected chi connectivity index (χ2v) is 5.63. The van der Waals surface area contributed by atoms with Gasteiger partial charge < -0.3 is 19.4 Å². The molecular weight excluding hydrogens is 315 g/mol. The molecule has 2 unspecified atom stereocenters. The molecular formula is C14H16Cl2N2O3. The Balaban J connectivity index is 1.97. The molecule has 0 aliphatic rings. The van der Waals surface area contributed by atoms with Crippen molar-refractivity contribution in [2.45, 2.75) is 25.5 Å². The molecule has 2 atom stereocenters. The van der Waals surface area contributed by atoms with Gasteiger partial charge in [0.2, 0.25) is 0 Å². The molecule has 2 aromatic heterocycles. The van der Waals surface area contributed by atoms with E-state index in [9.17, 15) is 9.90 Å². The maximum Gasteiger partial charge on any atom is 0.268 e. The molecule has 2 N–H and O–H groups in total. The van der Waals surface area contributed by atoms with Crippen molar-refractivity contribution in [3.63, 3.8) is 0 Å². The van der Waals surface area contributed by atoms with Crippen molar-refractivity contribution >= 4 is 29.1 Å². The van der Waals surface area contributed by atoms with Gasteiger partial charge in [-0.25, -0.2) is 0 Å². The number of aliphatic hydroxyl groups is 1. The fraction of sp³-hybridized carbons (Fsp3) is 0.357. The number of aromatic nitrogens is 1. The molecule has 0 radical (unpaired) electrons. The summed E-state index contributed by atoms with van der Waals surface area (Å²) in [4.78, 5) is 12.2. The second-order valence-electron chi connectivity index (χ2n) is 4.87. The molecule has 0 saturated heterocycles. The number of nitrogens with zero attached hydrogens (tertiary/aromatic N) is 1. The van der Waals surface area contributed by atoms with Crippen LogP contribution in [0.2, 0.25) is 10.2 Å². The van der Waals surface area contributed by atoms with Crippen molar-refractivity contribution in [1.82, 2.24) is 9.88 Å². The van der Waals surface area contributed by atoms with Crippen molar-refractivity contribution in [2.75, 3.05) is 0 Å². The van der Waals surface area contributed by atoms with Crippen LogP contribution >= 0.6 is 23.2 Å². The lowest BCUT2D eigenvalue weighted by atomic mass is 10.1. The topological polar surface area (TPSA) is 67.4 Å². The van der Waals surface area contributed by atoms with E-state index < -0.39 is 6.10 Å². The highest BCUT2D eigenvalue weighted by Crippen LogP contribution is 2.25. The van der Waals surface area contributed by atoms with E-state index in [-0.39, 0.29) is 11.9 Å². The highest BCUT2D eigenvalue weighted by atomic mass is 35.5. The van der Waals surface area contributed by atoms with Crippen LogP contribution in [0.15, 0.2) is 28.9 Å². The van der Waals surface area contributed by atoms with E-state index >= 15 is 0 Å². The molecule has 21 heavy (non-hydrogen) atoms. The number of hydrogen-bond donors (Lipinski definition) is 2. The monoisotopic (exact) mass is 330 g/mol. The highest BCUT2D eigenvalue weighted by molar-refractivity contribution is 6.41. The molecule has 2 aromatic rings. The molecule has 2 heterocycles. The summed E-state index contributed by atoms with van der Waals surface area (Å²) in [5.41, 5.74) is 0.365. The summed E-state index contributed by atoms with van der Waals surface area (Å²) in [7, 11) is 1.66. The second kappa shape index (κ2) is 6.56. The number of halogens is 2. The molecule has 1 amide bonds. The average molecular weight is 331 g/mol. The van der Waals surface area contributed by atoms with Crippen molar-refractivity contribution in [2.24, 2.45) is 7.05 Å². The van der Waals surface area contributed by atoms with E-state index in [1.54, 1.807) is 26.1 Å². The predicted octanol–water partition coefficient (Wildman–Crippen LogP) is 3.17. The summed E-state index contributed by atoms with van der Waals surface area (Å²) in [5, 5.41) is 13.4. The normalized spacial score (nSPS) is 14.0. The lowest BCUT2D eigenvalue weighted by molar-refractivity contribution is 0.0895. The lowest BCUT2D eigenvalue weighted by Crippen LogP contribution is -2.34. The van der Waals surface area contributed by atoms with Gasteiger partial charge in [-0.3, -0.25) is 4.79 Å². The first-order valence-electron chi connectivity index (χ1n) is 6.43. The number of amides is 1. The number of carbonyl (C=O) groups excluding carboxylic acids is 1. The van der Waals surface area contributed by atoms with Gasteiger partial charge in [0.15, 0.2) is 0 Å². The number of rotatable bonds is 5. The first-order chi connectivity index (χ1) is 9.90. The molecule has 0 aromatic carbocycles. The third-order valence-electron chi connectivity index (χ3n) is 3.17. The van der Waals surface area contributed by atoms with E-state index in [1.165, 1.54) is 16.9 Å². The number of hydrogen-bond acceptors (Lipinski definition) is 3. The number of carbonyl (C=O) groups is 1. The van der Waals surface area contributed by atoms with Gasteiger partial charge >= 0.3 is 0 Å². The summed E-state index contributed by atoms with van der Waals surface area (Å²) in [6.45, 7) is 1.80. The maximum atomic E-state index is 12.2. The maximum absolute atomic E-state index is 12.2. The Morgan fingerprint density at radius 1 is 1.52 bits per heavy atom. The largest absolute Gasteiger partial charge is 0.467 e. The van der Waals surface area contributed by atoms with Gasteiger partial charge in [-0.05, 0) is 25.1 Å². The summed E-state index contributed by atoms with van der Waals surface area (Å²) in [5.74, 6) is 0.173. The van der Waals surface area contributed by atoms with Gasteiger partial charge in [0.1, 0.15) is 22.7 Å². The van der Waals surface area contributed by atoms with Gasteiger partial charge in [0, 0.05) is 19.5 Å². The molecule has 0 fully saturated rings. The fourth-order valence-corrected chi connectivity index (χ4v) is 2.42. The smallest absolute Gasteiger partial charge is 0.268 e. The quantitative estimate of drug-likeness (QED) is 0.884. The molecule has 7 heteroatoms. The van der Waals surface area contributed by atoms with Crippen molar-refractivity contribution in [1.29, 1.82) is 0 Å². The zero-order valence-corrected chi connectivity index (χ0v) is 13.1. The Morgan fingerprint density at radius 3 is 2.76 bits per heavy atom. The fourth-order valence-electron chi connectivity index (χ4n) is 2.05. The Labute approximate surface area is 132 Å². The summed E-state index contributed by atoms with van der Waals surface area (Å²) in [6.07, 6.45) is 1.07. The van der Waals surface area contributed by atoms with Crippen LogP contribution in [0.25, 0.3) is 0 Å². The molecule has 0 aliphatic heterocycles. The van der Waals surface area contributed by atoms with Gasteiger partial charge in [0.05, 0.1) is 11.3 Å². The van der Waals surface area contributed by atoms with Gasteiger partial charge in [-0.2, -0.15) is 0 Å². The lowest BCUT2D eigenvalue weighted by Gasteiger charge is -2.17. The van der Waals surface area contributed by atoms with Crippen LogP contribution in [0.1, 0.15) is 35.7 Å². The van der Waals surface area contributed by atoms with Crippen molar-refractivity contribution < 1.29 is 14.3 Å². The molecule has 2 rings (SSSR count). The Bertz CT molecular complexity index is 622. The molecule has 0 bridgehead atoms. The predicted molar refractivity (Wildman–Crippen MR) is 80.6 cm³/mol. The molecule has 0 spiro atoms. The summed E-state index contributed by atoms with van der Waals surface area (Å²) < 4.78 is 6.63. The highest BCUT2D eigenvalue weighted by Gasteiger charge is 2.20. The Kier molecular flexibility index (Phi) is 4.98. The third kappa shape index (κ3) is 3.61. The van der Waals surface area contributed by atoms with Crippen molar-refractivity contribution in [3.8, 4) is 0 Å². The zero-order chi connectivity index (χ0) is 15.6.